The summed E-state index contributed by atoms with van der Waals surface area (Å²) in [5.74, 6) is 0. The van der Waals surface area contributed by atoms with Gasteiger partial charge in [-0.25, -0.2) is 9.48 Å². The molecule has 0 saturated heterocycles. The maximum atomic E-state index is 11.2. The van der Waals surface area contributed by atoms with Gasteiger partial charge in [0.15, 0.2) is 0 Å². The fourth-order valence-corrected chi connectivity index (χ4v) is 2.76. The number of nitrogens with one attached hydrogen (secondary N) is 1. The van der Waals surface area contributed by atoms with Crippen LogP contribution in [0.5, 0.6) is 0 Å². The van der Waals surface area contributed by atoms with Crippen LogP contribution in [0.15, 0.2) is 65.3 Å². The molecular weight excluding hydrogens is 372 g/mol. The molecule has 6 nitrogen and oxygen atoms in total. The van der Waals surface area contributed by atoms with E-state index in [1.54, 1.807) is 10.9 Å². The quantitative estimate of drug-likeness (QED) is 0.701. The molecule has 2 aromatic carbocycles. The fraction of sp³-hybridized carbons (Fsp3) is 0.118. The predicted octanol–water partition coefficient (Wildman–Crippen LogP) is 3.58. The molecule has 1 atom stereocenters. The molecule has 0 bridgehead atoms. The Balaban J connectivity index is 1.95. The normalized spacial score (nSPS) is 11.9. The van der Waals surface area contributed by atoms with Crippen molar-refractivity contribution in [3.05, 3.63) is 76.5 Å². The molecule has 2 N–H and O–H groups in total. The molecule has 0 fully saturated rings. The summed E-state index contributed by atoms with van der Waals surface area (Å²) in [6, 6.07) is 16.8. The van der Waals surface area contributed by atoms with E-state index in [0.29, 0.717) is 12.1 Å². The van der Waals surface area contributed by atoms with E-state index in [2.05, 4.69) is 31.6 Å². The van der Waals surface area contributed by atoms with Gasteiger partial charge in [0.25, 0.3) is 0 Å². The Hall–Kier alpha value is -2.67. The van der Waals surface area contributed by atoms with Crippen molar-refractivity contribution < 1.29 is 9.90 Å². The molecule has 3 rings (SSSR count). The van der Waals surface area contributed by atoms with Gasteiger partial charge < -0.3 is 10.4 Å². The van der Waals surface area contributed by atoms with Crippen molar-refractivity contribution in [2.75, 3.05) is 0 Å². The Labute approximate surface area is 147 Å². The largest absolute Gasteiger partial charge is 0.465 e. The molecule has 3 aromatic rings. The SMILES string of the molecule is O=C(O)N[C@H](Cc1ccccc1)c1cnnn1-c1ccc(Br)cc1. The Morgan fingerprint density at radius 3 is 2.54 bits per heavy atom. The first kappa shape index (κ1) is 16.2. The van der Waals surface area contributed by atoms with Gasteiger partial charge >= 0.3 is 6.09 Å². The van der Waals surface area contributed by atoms with Crippen molar-refractivity contribution in [3.8, 4) is 5.69 Å². The molecule has 0 radical (unpaired) electrons. The molecule has 7 heteroatoms. The minimum atomic E-state index is -1.08. The average molecular weight is 387 g/mol. The highest BCUT2D eigenvalue weighted by molar-refractivity contribution is 9.10. The van der Waals surface area contributed by atoms with Crippen LogP contribution >= 0.6 is 15.9 Å². The summed E-state index contributed by atoms with van der Waals surface area (Å²) in [6.45, 7) is 0. The van der Waals surface area contributed by atoms with Gasteiger partial charge in [0.05, 0.1) is 23.6 Å². The second-order valence-electron chi connectivity index (χ2n) is 5.24. The van der Waals surface area contributed by atoms with E-state index < -0.39 is 12.1 Å². The number of rotatable bonds is 5. The van der Waals surface area contributed by atoms with E-state index in [1.165, 1.54) is 0 Å². The zero-order valence-corrected chi connectivity index (χ0v) is 14.2. The van der Waals surface area contributed by atoms with Gasteiger partial charge in [-0.15, -0.1) is 5.10 Å². The maximum absolute atomic E-state index is 11.2. The molecule has 122 valence electrons. The van der Waals surface area contributed by atoms with Gasteiger partial charge in [-0.05, 0) is 36.2 Å². The van der Waals surface area contributed by atoms with Crippen molar-refractivity contribution in [2.45, 2.75) is 12.5 Å². The Morgan fingerprint density at radius 1 is 1.17 bits per heavy atom. The average Bonchev–Trinajstić information content (AvgIpc) is 3.05. The molecule has 1 heterocycles. The maximum Gasteiger partial charge on any atom is 0.405 e. The van der Waals surface area contributed by atoms with Gasteiger partial charge in [-0.1, -0.05) is 51.5 Å². The Bertz CT molecular complexity index is 818. The standard InChI is InChI=1S/C17H15BrN4O2/c18-13-6-8-14(9-7-13)22-16(11-19-21-22)15(20-17(23)24)10-12-4-2-1-3-5-12/h1-9,11,15,20H,10H2,(H,23,24)/t15-/m1/s1. The summed E-state index contributed by atoms with van der Waals surface area (Å²) in [6.07, 6.45) is 1.02. The first-order chi connectivity index (χ1) is 11.6. The van der Waals surface area contributed by atoms with Crippen LogP contribution in [0, 0.1) is 0 Å². The van der Waals surface area contributed by atoms with E-state index >= 15 is 0 Å². The second kappa shape index (κ2) is 7.27. The molecule has 0 spiro atoms. The van der Waals surface area contributed by atoms with E-state index in [-0.39, 0.29) is 0 Å². The molecule has 1 amide bonds. The summed E-state index contributed by atoms with van der Waals surface area (Å²) < 4.78 is 2.60. The van der Waals surface area contributed by atoms with Crippen LogP contribution in [-0.2, 0) is 6.42 Å². The van der Waals surface area contributed by atoms with Crippen molar-refractivity contribution in [1.29, 1.82) is 0 Å². The van der Waals surface area contributed by atoms with E-state index in [0.717, 1.165) is 15.7 Å². The lowest BCUT2D eigenvalue weighted by Crippen LogP contribution is -2.30. The monoisotopic (exact) mass is 386 g/mol. The van der Waals surface area contributed by atoms with Crippen LogP contribution in [0.25, 0.3) is 5.69 Å². The molecule has 0 aliphatic carbocycles. The lowest BCUT2D eigenvalue weighted by atomic mass is 10.0. The van der Waals surface area contributed by atoms with Crippen LogP contribution in [0.3, 0.4) is 0 Å². The molecule has 0 saturated carbocycles. The highest BCUT2D eigenvalue weighted by Crippen LogP contribution is 2.21. The molecule has 0 aliphatic rings. The summed E-state index contributed by atoms with van der Waals surface area (Å²) in [7, 11) is 0. The minimum Gasteiger partial charge on any atom is -0.465 e. The van der Waals surface area contributed by atoms with Crippen molar-refractivity contribution in [2.24, 2.45) is 0 Å². The zero-order valence-electron chi connectivity index (χ0n) is 12.6. The number of carboxylic acid groups (broad SMARTS) is 1. The van der Waals surface area contributed by atoms with Gasteiger partial charge in [-0.3, -0.25) is 0 Å². The molecule has 1 aromatic heterocycles. The van der Waals surface area contributed by atoms with Crippen molar-refractivity contribution in [3.63, 3.8) is 0 Å². The molecule has 24 heavy (non-hydrogen) atoms. The van der Waals surface area contributed by atoms with Gasteiger partial charge in [0, 0.05) is 4.47 Å². The van der Waals surface area contributed by atoms with Crippen molar-refractivity contribution in [1.82, 2.24) is 20.3 Å². The number of halogens is 1. The number of nitrogens with zero attached hydrogens (tertiary/aromatic N) is 3. The summed E-state index contributed by atoms with van der Waals surface area (Å²) in [5.41, 5.74) is 2.53. The van der Waals surface area contributed by atoms with Crippen LogP contribution in [0.4, 0.5) is 4.79 Å². The number of carbonyl (C=O) groups is 1. The first-order valence-electron chi connectivity index (χ1n) is 7.33. The van der Waals surface area contributed by atoms with E-state index in [9.17, 15) is 9.90 Å². The number of benzene rings is 2. The smallest absolute Gasteiger partial charge is 0.405 e. The van der Waals surface area contributed by atoms with E-state index in [1.807, 2.05) is 54.6 Å². The summed E-state index contributed by atoms with van der Waals surface area (Å²) in [4.78, 5) is 11.2. The summed E-state index contributed by atoms with van der Waals surface area (Å²) >= 11 is 3.40. The van der Waals surface area contributed by atoms with E-state index in [4.69, 9.17) is 0 Å². The second-order valence-corrected chi connectivity index (χ2v) is 6.15. The Kier molecular flexibility index (Phi) is 4.90. The van der Waals surface area contributed by atoms with Gasteiger partial charge in [0.1, 0.15) is 0 Å². The molecular formula is C17H15BrN4O2. The van der Waals surface area contributed by atoms with Crippen LogP contribution in [0.1, 0.15) is 17.3 Å². The van der Waals surface area contributed by atoms with Gasteiger partial charge in [0.2, 0.25) is 0 Å². The highest BCUT2D eigenvalue weighted by Gasteiger charge is 2.20. The van der Waals surface area contributed by atoms with Crippen LogP contribution in [-0.4, -0.2) is 26.2 Å². The highest BCUT2D eigenvalue weighted by atomic mass is 79.9. The number of amides is 1. The first-order valence-corrected chi connectivity index (χ1v) is 8.13. The van der Waals surface area contributed by atoms with Crippen LogP contribution < -0.4 is 5.32 Å². The topological polar surface area (TPSA) is 80.0 Å². The third-order valence-electron chi connectivity index (χ3n) is 3.58. The lowest BCUT2D eigenvalue weighted by molar-refractivity contribution is 0.189. The van der Waals surface area contributed by atoms with Crippen molar-refractivity contribution >= 4 is 22.0 Å². The predicted molar refractivity (Wildman–Crippen MR) is 93.1 cm³/mol. The number of hydrogen-bond donors (Lipinski definition) is 2. The van der Waals surface area contributed by atoms with Crippen LogP contribution in [0.2, 0.25) is 0 Å². The minimum absolute atomic E-state index is 0.455. The van der Waals surface area contributed by atoms with Gasteiger partial charge in [-0.2, -0.15) is 0 Å². The lowest BCUT2D eigenvalue weighted by Gasteiger charge is -2.18. The fourth-order valence-electron chi connectivity index (χ4n) is 2.49. The summed E-state index contributed by atoms with van der Waals surface area (Å²) in [5, 5.41) is 19.8. The number of hydrogen-bond acceptors (Lipinski definition) is 3. The Morgan fingerprint density at radius 2 is 1.88 bits per heavy atom. The zero-order chi connectivity index (χ0) is 16.9. The molecule has 0 unspecified atom stereocenters. The number of aromatic nitrogens is 3. The molecule has 0 aliphatic heterocycles. The third-order valence-corrected chi connectivity index (χ3v) is 4.11. The third kappa shape index (κ3) is 3.80.